The summed E-state index contributed by atoms with van der Waals surface area (Å²) < 4.78 is 13.8. The first kappa shape index (κ1) is 36.8. The van der Waals surface area contributed by atoms with Crippen LogP contribution in [-0.2, 0) is 0 Å². The van der Waals surface area contributed by atoms with Crippen molar-refractivity contribution in [3.8, 4) is 101 Å². The van der Waals surface area contributed by atoms with Gasteiger partial charge in [-0.25, -0.2) is 15.0 Å². The molecule has 2 unspecified atom stereocenters. The summed E-state index contributed by atoms with van der Waals surface area (Å²) in [6.45, 7) is 0. The van der Waals surface area contributed by atoms with Gasteiger partial charge in [-0.3, -0.25) is 9.97 Å². The lowest BCUT2D eigenvalue weighted by atomic mass is 9.91. The average Bonchev–Trinajstić information content (AvgIpc) is 3.36. The second kappa shape index (κ2) is 16.0. The Morgan fingerprint density at radius 1 is 0.323 bits per heavy atom. The highest BCUT2D eigenvalue weighted by atomic mass is 16.6. The van der Waals surface area contributed by atoms with E-state index in [9.17, 15) is 0 Å². The number of ether oxygens (including phenoxy) is 2. The Hall–Kier alpha value is -8.29. The van der Waals surface area contributed by atoms with Crippen LogP contribution in [0.15, 0.2) is 213 Å². The third-order valence-electron chi connectivity index (χ3n) is 11.2. The molecule has 0 saturated carbocycles. The van der Waals surface area contributed by atoms with Crippen LogP contribution in [0.3, 0.4) is 0 Å². The fourth-order valence-electron chi connectivity index (χ4n) is 8.10. The average molecular weight is 800 g/mol. The lowest BCUT2D eigenvalue weighted by Gasteiger charge is -2.34. The number of fused-ring (bicyclic) bond motifs is 2. The molecule has 4 heterocycles. The molecule has 0 N–H and O–H groups in total. The first-order chi connectivity index (χ1) is 30.7. The van der Waals surface area contributed by atoms with E-state index in [0.717, 1.165) is 72.3 Å². The minimum absolute atomic E-state index is 0.270. The Kier molecular flexibility index (Phi) is 9.52. The molecular weight excluding hydrogens is 763 g/mol. The van der Waals surface area contributed by atoms with Gasteiger partial charge >= 0.3 is 0 Å². The topological polar surface area (TPSA) is 82.9 Å². The van der Waals surface area contributed by atoms with Crippen molar-refractivity contribution in [3.05, 3.63) is 213 Å². The normalized spacial score (nSPS) is 14.9. The predicted molar refractivity (Wildman–Crippen MR) is 246 cm³/mol. The van der Waals surface area contributed by atoms with Crippen LogP contribution in [0.5, 0.6) is 11.5 Å². The van der Waals surface area contributed by atoms with Crippen molar-refractivity contribution in [2.24, 2.45) is 0 Å². The number of rotatable bonds is 8. The third kappa shape index (κ3) is 7.22. The maximum atomic E-state index is 6.90. The van der Waals surface area contributed by atoms with Gasteiger partial charge in [0.2, 0.25) is 0 Å². The quantitative estimate of drug-likeness (QED) is 0.151. The van der Waals surface area contributed by atoms with E-state index < -0.39 is 0 Å². The molecular formula is C55H37N5O2. The molecule has 1 aliphatic carbocycles. The monoisotopic (exact) mass is 799 g/mol. The summed E-state index contributed by atoms with van der Waals surface area (Å²) in [4.78, 5) is 23.9. The number of nitrogens with zero attached hydrogens (tertiary/aromatic N) is 5. The van der Waals surface area contributed by atoms with Crippen LogP contribution in [-0.4, -0.2) is 37.1 Å². The number of pyridine rings is 2. The zero-order valence-corrected chi connectivity index (χ0v) is 33.4. The molecule has 11 rings (SSSR count). The highest BCUT2D eigenvalue weighted by molar-refractivity contribution is 5.88. The van der Waals surface area contributed by atoms with E-state index in [4.69, 9.17) is 24.4 Å². The van der Waals surface area contributed by atoms with E-state index in [2.05, 4.69) is 125 Å². The first-order valence-electron chi connectivity index (χ1n) is 20.6. The van der Waals surface area contributed by atoms with Gasteiger partial charge in [-0.15, -0.1) is 0 Å². The van der Waals surface area contributed by atoms with Crippen LogP contribution in [0.4, 0.5) is 0 Å². The van der Waals surface area contributed by atoms with Crippen molar-refractivity contribution >= 4 is 0 Å². The molecule has 0 fully saturated rings. The Morgan fingerprint density at radius 3 is 1.32 bits per heavy atom. The standard InChI is InChI=1S/C55H37N5O2/c1-3-12-36(13-4-1)40-16-9-17-41(30-40)55-59-53(38-14-5-2-6-15-38)58-54(60-55)39-24-22-37(23-25-39)47-26-27-48(52-51(47)61-49-20-7-8-21-50(49)62-52)46-32-44(42-18-10-28-56-34-42)31-45(33-46)43-19-11-29-57-35-43/h1-35,49-50H. The minimum atomic E-state index is -0.270. The highest BCUT2D eigenvalue weighted by Crippen LogP contribution is 2.50. The smallest absolute Gasteiger partial charge is 0.170 e. The largest absolute Gasteiger partial charge is 0.478 e. The number of allylic oxidation sites excluding steroid dienone is 2. The molecule has 9 aromatic rings. The molecule has 0 saturated heterocycles. The predicted octanol–water partition coefficient (Wildman–Crippen LogP) is 12.6. The summed E-state index contributed by atoms with van der Waals surface area (Å²) in [6.07, 6.45) is 14.9. The lowest BCUT2D eigenvalue weighted by Crippen LogP contribution is -2.38. The second-order valence-electron chi connectivity index (χ2n) is 15.2. The van der Waals surface area contributed by atoms with Gasteiger partial charge in [-0.05, 0) is 94.1 Å². The molecule has 3 aromatic heterocycles. The molecule has 6 aromatic carbocycles. The van der Waals surface area contributed by atoms with E-state index in [1.165, 1.54) is 0 Å². The molecule has 7 heteroatoms. The van der Waals surface area contributed by atoms with Crippen LogP contribution in [0.25, 0.3) is 89.8 Å². The zero-order valence-electron chi connectivity index (χ0n) is 33.4. The fraction of sp³-hybridized carbons (Fsp3) is 0.0364. The molecule has 0 spiro atoms. The number of hydrogen-bond acceptors (Lipinski definition) is 7. The summed E-state index contributed by atoms with van der Waals surface area (Å²) in [5.74, 6) is 3.19. The molecule has 7 nitrogen and oxygen atoms in total. The van der Waals surface area contributed by atoms with Crippen molar-refractivity contribution in [2.45, 2.75) is 12.2 Å². The van der Waals surface area contributed by atoms with E-state index in [-0.39, 0.29) is 12.2 Å². The third-order valence-corrected chi connectivity index (χ3v) is 11.2. The lowest BCUT2D eigenvalue weighted by molar-refractivity contribution is 0.0769. The van der Waals surface area contributed by atoms with Gasteiger partial charge in [0, 0.05) is 63.7 Å². The van der Waals surface area contributed by atoms with Gasteiger partial charge in [-0.1, -0.05) is 127 Å². The van der Waals surface area contributed by atoms with Crippen molar-refractivity contribution in [1.82, 2.24) is 24.9 Å². The van der Waals surface area contributed by atoms with E-state index in [1.807, 2.05) is 85.2 Å². The molecule has 294 valence electrons. The van der Waals surface area contributed by atoms with E-state index in [0.29, 0.717) is 29.0 Å². The maximum absolute atomic E-state index is 6.90. The first-order valence-corrected chi connectivity index (χ1v) is 20.6. The van der Waals surface area contributed by atoms with E-state index in [1.54, 1.807) is 12.4 Å². The highest BCUT2D eigenvalue weighted by Gasteiger charge is 2.33. The van der Waals surface area contributed by atoms with E-state index >= 15 is 0 Å². The van der Waals surface area contributed by atoms with Gasteiger partial charge in [0.05, 0.1) is 0 Å². The summed E-state index contributed by atoms with van der Waals surface area (Å²) in [7, 11) is 0. The Balaban J connectivity index is 1.01. The van der Waals surface area contributed by atoms with Gasteiger partial charge < -0.3 is 9.47 Å². The molecule has 0 bridgehead atoms. The molecule has 62 heavy (non-hydrogen) atoms. The summed E-state index contributed by atoms with van der Waals surface area (Å²) in [6, 6.07) is 56.0. The van der Waals surface area contributed by atoms with Crippen molar-refractivity contribution in [1.29, 1.82) is 0 Å². The van der Waals surface area contributed by atoms with Crippen LogP contribution >= 0.6 is 0 Å². The van der Waals surface area contributed by atoms with Gasteiger partial charge in [0.1, 0.15) is 0 Å². The minimum Gasteiger partial charge on any atom is -0.478 e. The summed E-state index contributed by atoms with van der Waals surface area (Å²) >= 11 is 0. The van der Waals surface area contributed by atoms with Crippen molar-refractivity contribution in [3.63, 3.8) is 0 Å². The Morgan fingerprint density at radius 2 is 0.758 bits per heavy atom. The molecule has 1 aliphatic heterocycles. The van der Waals surface area contributed by atoms with Gasteiger partial charge in [0.25, 0.3) is 0 Å². The van der Waals surface area contributed by atoms with Crippen LogP contribution < -0.4 is 9.47 Å². The second-order valence-corrected chi connectivity index (χ2v) is 15.2. The molecule has 2 atom stereocenters. The molecule has 2 aliphatic rings. The Labute approximate surface area is 359 Å². The van der Waals surface area contributed by atoms with Gasteiger partial charge in [0.15, 0.2) is 41.2 Å². The van der Waals surface area contributed by atoms with Crippen molar-refractivity contribution in [2.75, 3.05) is 0 Å². The van der Waals surface area contributed by atoms with Gasteiger partial charge in [-0.2, -0.15) is 0 Å². The number of hydrogen-bond donors (Lipinski definition) is 0. The Bertz CT molecular complexity index is 3060. The van der Waals surface area contributed by atoms with Crippen LogP contribution in [0, 0.1) is 0 Å². The molecule has 0 radical (unpaired) electrons. The number of aromatic nitrogens is 5. The molecule has 0 amide bonds. The SMILES string of the molecule is C1=CC2Oc3c(-c4ccc(-c5nc(-c6ccccc6)nc(-c6cccc(-c7ccccc7)c6)n5)cc4)ccc(-c4cc(-c5cccnc5)cc(-c5cccnc5)c4)c3OC2C=C1. The maximum Gasteiger partial charge on any atom is 0.170 e. The van der Waals surface area contributed by atoms with Crippen LogP contribution in [0.1, 0.15) is 0 Å². The summed E-state index contributed by atoms with van der Waals surface area (Å²) in [5, 5.41) is 0. The van der Waals surface area contributed by atoms with Crippen LogP contribution in [0.2, 0.25) is 0 Å². The number of benzene rings is 6. The summed E-state index contributed by atoms with van der Waals surface area (Å²) in [5.41, 5.74) is 12.9. The van der Waals surface area contributed by atoms with Crippen molar-refractivity contribution < 1.29 is 9.47 Å². The fourth-order valence-corrected chi connectivity index (χ4v) is 8.10. The zero-order chi connectivity index (χ0) is 41.2.